The Hall–Kier alpha value is -0.580. The van der Waals surface area contributed by atoms with Crippen molar-refractivity contribution in [1.29, 1.82) is 0 Å². The molecule has 0 aliphatic rings. The summed E-state index contributed by atoms with van der Waals surface area (Å²) in [6.45, 7) is 1.80. The number of ether oxygens (including phenoxy) is 1. The van der Waals surface area contributed by atoms with E-state index in [1.165, 1.54) is 0 Å². The molecule has 0 aromatic carbocycles. The van der Waals surface area contributed by atoms with Crippen molar-refractivity contribution in [2.45, 2.75) is 11.8 Å². The van der Waals surface area contributed by atoms with Crippen LogP contribution >= 0.6 is 15.9 Å². The van der Waals surface area contributed by atoms with Crippen molar-refractivity contribution in [3.05, 3.63) is 0 Å². The van der Waals surface area contributed by atoms with Crippen molar-refractivity contribution < 1.29 is 19.4 Å². The highest BCUT2D eigenvalue weighted by molar-refractivity contribution is 9.10. The molecule has 0 bridgehead atoms. The van der Waals surface area contributed by atoms with Crippen LogP contribution in [0.25, 0.3) is 0 Å². The standard InChI is InChI=1S/C5H7BrO4/c1-2-10-5(9)3(6)4(7)8/h3H,2H2,1H3,(H,7,8). The third-order valence-electron chi connectivity index (χ3n) is 0.710. The Bertz CT molecular complexity index is 145. The Morgan fingerprint density at radius 1 is 1.70 bits per heavy atom. The molecule has 1 unspecified atom stereocenters. The number of carboxylic acids is 1. The number of halogens is 1. The van der Waals surface area contributed by atoms with Gasteiger partial charge in [-0.05, 0) is 6.92 Å². The first-order chi connectivity index (χ1) is 4.59. The van der Waals surface area contributed by atoms with E-state index in [4.69, 9.17) is 5.11 Å². The summed E-state index contributed by atoms with van der Waals surface area (Å²) in [7, 11) is 0. The average molecular weight is 211 g/mol. The summed E-state index contributed by atoms with van der Waals surface area (Å²) < 4.78 is 4.40. The predicted octanol–water partition coefficient (Wildman–Crippen LogP) is 0.398. The summed E-state index contributed by atoms with van der Waals surface area (Å²) in [6.07, 6.45) is 0. The van der Waals surface area contributed by atoms with Crippen molar-refractivity contribution in [3.63, 3.8) is 0 Å². The van der Waals surface area contributed by atoms with Crippen molar-refractivity contribution in [3.8, 4) is 0 Å². The fraction of sp³-hybridized carbons (Fsp3) is 0.600. The van der Waals surface area contributed by atoms with Gasteiger partial charge in [0.15, 0.2) is 0 Å². The molecule has 0 amide bonds. The lowest BCUT2D eigenvalue weighted by Gasteiger charge is -2.02. The first-order valence-corrected chi connectivity index (χ1v) is 3.54. The minimum atomic E-state index is -1.24. The van der Waals surface area contributed by atoms with Crippen molar-refractivity contribution in [1.82, 2.24) is 0 Å². The Balaban J connectivity index is 3.82. The maximum Gasteiger partial charge on any atom is 0.331 e. The number of esters is 1. The van der Waals surface area contributed by atoms with Crippen LogP contribution in [0.1, 0.15) is 6.92 Å². The second kappa shape index (κ2) is 4.27. The molecule has 0 radical (unpaired) electrons. The molecule has 0 aromatic heterocycles. The first-order valence-electron chi connectivity index (χ1n) is 2.63. The van der Waals surface area contributed by atoms with Gasteiger partial charge in [0.05, 0.1) is 6.61 Å². The fourth-order valence-electron chi connectivity index (χ4n) is 0.316. The molecule has 1 atom stereocenters. The summed E-state index contributed by atoms with van der Waals surface area (Å²) in [4.78, 5) is 19.4. The lowest BCUT2D eigenvalue weighted by Crippen LogP contribution is -2.25. The largest absolute Gasteiger partial charge is 0.480 e. The second-order valence-corrected chi connectivity index (χ2v) is 2.37. The highest BCUT2D eigenvalue weighted by Crippen LogP contribution is 2.01. The molecule has 10 heavy (non-hydrogen) atoms. The van der Waals surface area contributed by atoms with E-state index in [1.807, 2.05) is 0 Å². The zero-order valence-electron chi connectivity index (χ0n) is 5.33. The summed E-state index contributed by atoms with van der Waals surface area (Å²) >= 11 is 2.63. The van der Waals surface area contributed by atoms with Gasteiger partial charge < -0.3 is 9.84 Å². The van der Waals surface area contributed by atoms with E-state index in [9.17, 15) is 9.59 Å². The van der Waals surface area contributed by atoms with E-state index in [0.717, 1.165) is 0 Å². The van der Waals surface area contributed by atoms with Crippen LogP contribution in [0, 0.1) is 0 Å². The fourth-order valence-corrected chi connectivity index (χ4v) is 0.448. The number of hydrogen-bond donors (Lipinski definition) is 1. The van der Waals surface area contributed by atoms with Gasteiger partial charge in [0.1, 0.15) is 0 Å². The first kappa shape index (κ1) is 9.42. The maximum atomic E-state index is 10.5. The quantitative estimate of drug-likeness (QED) is 0.416. The SMILES string of the molecule is CCOC(=O)C(Br)C(=O)O. The molecule has 0 rings (SSSR count). The number of alkyl halides is 1. The Kier molecular flexibility index (Phi) is 4.02. The van der Waals surface area contributed by atoms with Gasteiger partial charge in [-0.1, -0.05) is 15.9 Å². The molecular formula is C5H7BrO4. The summed E-state index contributed by atoms with van der Waals surface area (Å²) in [5.41, 5.74) is 0. The van der Waals surface area contributed by atoms with Gasteiger partial charge >= 0.3 is 11.9 Å². The van der Waals surface area contributed by atoms with Gasteiger partial charge in [-0.25, -0.2) is 0 Å². The Morgan fingerprint density at radius 3 is 2.50 bits per heavy atom. The molecule has 58 valence electrons. The van der Waals surface area contributed by atoms with Crippen LogP contribution in [0.15, 0.2) is 0 Å². The molecular weight excluding hydrogens is 204 g/mol. The monoisotopic (exact) mass is 210 g/mol. The van der Waals surface area contributed by atoms with Crippen LogP contribution in [0.4, 0.5) is 0 Å². The number of carboxylic acid groups (broad SMARTS) is 1. The molecule has 4 nitrogen and oxygen atoms in total. The number of rotatable bonds is 3. The topological polar surface area (TPSA) is 63.6 Å². The van der Waals surface area contributed by atoms with E-state index in [0.29, 0.717) is 0 Å². The average Bonchev–Trinajstić information content (AvgIpc) is 1.87. The summed E-state index contributed by atoms with van der Waals surface area (Å²) in [5.74, 6) is -2.01. The third-order valence-corrected chi connectivity index (χ3v) is 1.48. The Labute approximate surface area is 66.3 Å². The minimum Gasteiger partial charge on any atom is -0.480 e. The number of carbonyl (C=O) groups is 2. The minimum absolute atomic E-state index is 0.189. The third kappa shape index (κ3) is 2.82. The smallest absolute Gasteiger partial charge is 0.331 e. The van der Waals surface area contributed by atoms with Gasteiger partial charge in [-0.2, -0.15) is 0 Å². The van der Waals surface area contributed by atoms with Gasteiger partial charge in [0, 0.05) is 0 Å². The normalized spacial score (nSPS) is 12.2. The molecule has 0 spiro atoms. The molecule has 1 N–H and O–H groups in total. The molecule has 5 heteroatoms. The maximum absolute atomic E-state index is 10.5. The van der Waals surface area contributed by atoms with E-state index in [-0.39, 0.29) is 6.61 Å². The van der Waals surface area contributed by atoms with E-state index < -0.39 is 16.8 Å². The molecule has 0 fully saturated rings. The van der Waals surface area contributed by atoms with Crippen LogP contribution in [0.2, 0.25) is 0 Å². The molecule has 0 aromatic rings. The molecule has 0 saturated heterocycles. The lowest BCUT2D eigenvalue weighted by molar-refractivity contribution is -0.149. The van der Waals surface area contributed by atoms with Crippen LogP contribution in [0.3, 0.4) is 0 Å². The van der Waals surface area contributed by atoms with E-state index in [1.54, 1.807) is 6.92 Å². The molecule has 0 aliphatic carbocycles. The second-order valence-electron chi connectivity index (χ2n) is 1.45. The van der Waals surface area contributed by atoms with Crippen LogP contribution in [0.5, 0.6) is 0 Å². The van der Waals surface area contributed by atoms with Crippen LogP contribution in [-0.2, 0) is 14.3 Å². The summed E-state index contributed by atoms with van der Waals surface area (Å²) in [5, 5.41) is 8.23. The number of carbonyl (C=O) groups excluding carboxylic acids is 1. The van der Waals surface area contributed by atoms with Crippen LogP contribution < -0.4 is 0 Å². The lowest BCUT2D eigenvalue weighted by atomic mass is 10.4. The van der Waals surface area contributed by atoms with Crippen molar-refractivity contribution >= 4 is 27.9 Å². The Morgan fingerprint density at radius 2 is 2.20 bits per heavy atom. The molecule has 0 heterocycles. The highest BCUT2D eigenvalue weighted by atomic mass is 79.9. The van der Waals surface area contributed by atoms with Gasteiger partial charge in [-0.15, -0.1) is 0 Å². The van der Waals surface area contributed by atoms with Crippen molar-refractivity contribution in [2.75, 3.05) is 6.61 Å². The van der Waals surface area contributed by atoms with E-state index >= 15 is 0 Å². The van der Waals surface area contributed by atoms with E-state index in [2.05, 4.69) is 20.7 Å². The van der Waals surface area contributed by atoms with Gasteiger partial charge in [-0.3, -0.25) is 9.59 Å². The van der Waals surface area contributed by atoms with Gasteiger partial charge in [0.2, 0.25) is 4.83 Å². The summed E-state index contributed by atoms with van der Waals surface area (Å²) in [6, 6.07) is 0. The molecule has 0 saturated carbocycles. The van der Waals surface area contributed by atoms with Crippen LogP contribution in [-0.4, -0.2) is 28.5 Å². The number of aliphatic carboxylic acids is 1. The van der Waals surface area contributed by atoms with Crippen molar-refractivity contribution in [2.24, 2.45) is 0 Å². The highest BCUT2D eigenvalue weighted by Gasteiger charge is 2.23. The predicted molar refractivity (Wildman–Crippen MR) is 37.0 cm³/mol. The number of hydrogen-bond acceptors (Lipinski definition) is 3. The zero-order valence-corrected chi connectivity index (χ0v) is 6.92. The van der Waals surface area contributed by atoms with Gasteiger partial charge in [0.25, 0.3) is 0 Å². The zero-order chi connectivity index (χ0) is 8.15. The molecule has 0 aliphatic heterocycles.